The maximum Gasteiger partial charge on any atom is 0.334 e. The molecule has 20 heavy (non-hydrogen) atoms. The van der Waals surface area contributed by atoms with Gasteiger partial charge in [0.05, 0.1) is 12.5 Å². The van der Waals surface area contributed by atoms with Crippen LogP contribution < -0.4 is 5.32 Å². The van der Waals surface area contributed by atoms with Crippen LogP contribution in [0.3, 0.4) is 0 Å². The Morgan fingerprint density at radius 3 is 2.25 bits per heavy atom. The van der Waals surface area contributed by atoms with Crippen molar-refractivity contribution in [3.8, 4) is 0 Å². The number of rotatable bonds is 6. The Labute approximate surface area is 122 Å². The highest BCUT2D eigenvalue weighted by Crippen LogP contribution is 2.25. The van der Waals surface area contributed by atoms with Crippen LogP contribution in [0.15, 0.2) is 24.3 Å². The van der Waals surface area contributed by atoms with Crippen LogP contribution in [0.25, 0.3) is 0 Å². The summed E-state index contributed by atoms with van der Waals surface area (Å²) < 4.78 is 0. The molecule has 0 radical (unpaired) electrons. The predicted octanol–water partition coefficient (Wildman–Crippen LogP) is 1.64. The van der Waals surface area contributed by atoms with Gasteiger partial charge in [-0.15, -0.1) is 0 Å². The maximum atomic E-state index is 12.1. The first-order chi connectivity index (χ1) is 9.32. The van der Waals surface area contributed by atoms with Crippen LogP contribution in [-0.2, 0) is 9.59 Å². The molecule has 6 heteroatoms. The lowest BCUT2D eigenvalue weighted by Gasteiger charge is -2.21. The fourth-order valence-electron chi connectivity index (χ4n) is 1.90. The zero-order valence-corrected chi connectivity index (χ0v) is 12.1. The average Bonchev–Trinajstić information content (AvgIpc) is 2.38. The summed E-state index contributed by atoms with van der Waals surface area (Å²) >= 11 is 5.81. The Hall–Kier alpha value is -1.59. The van der Waals surface area contributed by atoms with Gasteiger partial charge >= 0.3 is 5.97 Å². The minimum Gasteiger partial charge on any atom is -0.479 e. The molecule has 0 heterocycles. The van der Waals surface area contributed by atoms with E-state index in [1.165, 1.54) is 0 Å². The molecular weight excluding hydrogens is 282 g/mol. The van der Waals surface area contributed by atoms with E-state index in [-0.39, 0.29) is 18.4 Å². The number of hydrogen-bond acceptors (Lipinski definition) is 3. The number of carboxylic acids is 1. The lowest BCUT2D eigenvalue weighted by Crippen LogP contribution is -2.39. The van der Waals surface area contributed by atoms with Crippen molar-refractivity contribution in [2.45, 2.75) is 25.9 Å². The van der Waals surface area contributed by atoms with E-state index in [9.17, 15) is 14.7 Å². The first-order valence-corrected chi connectivity index (χ1v) is 6.64. The van der Waals surface area contributed by atoms with Gasteiger partial charge in [-0.3, -0.25) is 4.79 Å². The molecule has 0 bridgehead atoms. The van der Waals surface area contributed by atoms with Gasteiger partial charge in [-0.25, -0.2) is 4.79 Å². The van der Waals surface area contributed by atoms with E-state index in [0.29, 0.717) is 5.02 Å². The Morgan fingerprint density at radius 2 is 1.80 bits per heavy atom. The van der Waals surface area contributed by atoms with Crippen LogP contribution in [0.4, 0.5) is 0 Å². The molecule has 0 aliphatic carbocycles. The zero-order chi connectivity index (χ0) is 15.3. The van der Waals surface area contributed by atoms with Crippen molar-refractivity contribution in [1.82, 2.24) is 5.32 Å². The zero-order valence-electron chi connectivity index (χ0n) is 11.3. The number of amides is 1. The van der Waals surface area contributed by atoms with Crippen LogP contribution in [0.2, 0.25) is 5.02 Å². The number of carboxylic acid groups (broad SMARTS) is 1. The van der Waals surface area contributed by atoms with Crippen molar-refractivity contribution >= 4 is 23.5 Å². The number of aliphatic carboxylic acids is 1. The highest BCUT2D eigenvalue weighted by atomic mass is 35.5. The average molecular weight is 300 g/mol. The Bertz CT molecular complexity index is 473. The van der Waals surface area contributed by atoms with Gasteiger partial charge in [0.1, 0.15) is 0 Å². The van der Waals surface area contributed by atoms with Gasteiger partial charge in [-0.1, -0.05) is 37.6 Å². The summed E-state index contributed by atoms with van der Waals surface area (Å²) in [5, 5.41) is 20.8. The fourth-order valence-corrected chi connectivity index (χ4v) is 2.03. The van der Waals surface area contributed by atoms with Gasteiger partial charge in [-0.2, -0.15) is 0 Å². The van der Waals surface area contributed by atoms with Gasteiger partial charge in [0.2, 0.25) is 5.91 Å². The molecule has 110 valence electrons. The standard InChI is InChI=1S/C14H18ClNO4/c1-8(2)12(9-3-5-10(15)6-4-9)13(18)16-7-11(17)14(19)20/h3-6,8,11-12,17H,7H2,1-2H3,(H,16,18)(H,19,20). The van der Waals surface area contributed by atoms with Crippen LogP contribution in [0.1, 0.15) is 25.3 Å². The smallest absolute Gasteiger partial charge is 0.334 e. The van der Waals surface area contributed by atoms with Crippen molar-refractivity contribution < 1.29 is 19.8 Å². The van der Waals surface area contributed by atoms with Crippen LogP contribution in [-0.4, -0.2) is 34.7 Å². The van der Waals surface area contributed by atoms with Crippen LogP contribution >= 0.6 is 11.6 Å². The summed E-state index contributed by atoms with van der Waals surface area (Å²) in [6, 6.07) is 6.93. The Balaban J connectivity index is 2.78. The second-order valence-electron chi connectivity index (χ2n) is 4.87. The number of nitrogens with one attached hydrogen (secondary N) is 1. The van der Waals surface area contributed by atoms with E-state index in [2.05, 4.69) is 5.32 Å². The molecule has 0 saturated heterocycles. The van der Waals surface area contributed by atoms with Gasteiger partial charge < -0.3 is 15.5 Å². The third-order valence-corrected chi connectivity index (χ3v) is 3.18. The normalized spacial score (nSPS) is 13.8. The third kappa shape index (κ3) is 4.51. The van der Waals surface area contributed by atoms with Crippen LogP contribution in [0, 0.1) is 5.92 Å². The summed E-state index contributed by atoms with van der Waals surface area (Å²) in [6.45, 7) is 3.48. The van der Waals surface area contributed by atoms with Gasteiger partial charge in [0.25, 0.3) is 0 Å². The second-order valence-corrected chi connectivity index (χ2v) is 5.31. The molecule has 0 aromatic heterocycles. The molecule has 1 rings (SSSR count). The van der Waals surface area contributed by atoms with E-state index in [0.717, 1.165) is 5.56 Å². The minimum absolute atomic E-state index is 0.0261. The number of benzene rings is 1. The van der Waals surface area contributed by atoms with E-state index in [1.807, 2.05) is 13.8 Å². The van der Waals surface area contributed by atoms with Crippen molar-refractivity contribution in [1.29, 1.82) is 0 Å². The quantitative estimate of drug-likeness (QED) is 0.745. The Kier molecular flexibility index (Phi) is 5.98. The van der Waals surface area contributed by atoms with Crippen molar-refractivity contribution in [2.75, 3.05) is 6.54 Å². The minimum atomic E-state index is -1.60. The molecule has 1 aromatic carbocycles. The first kappa shape index (κ1) is 16.5. The molecule has 5 nitrogen and oxygen atoms in total. The highest BCUT2D eigenvalue weighted by Gasteiger charge is 2.25. The van der Waals surface area contributed by atoms with Gasteiger partial charge in [0, 0.05) is 5.02 Å². The summed E-state index contributed by atoms with van der Waals surface area (Å²) in [6.07, 6.45) is -1.60. The van der Waals surface area contributed by atoms with E-state index < -0.39 is 18.0 Å². The lowest BCUT2D eigenvalue weighted by atomic mass is 9.87. The van der Waals surface area contributed by atoms with Gasteiger partial charge in [-0.05, 0) is 23.6 Å². The fraction of sp³-hybridized carbons (Fsp3) is 0.429. The second kappa shape index (κ2) is 7.26. The van der Waals surface area contributed by atoms with E-state index in [4.69, 9.17) is 16.7 Å². The predicted molar refractivity (Wildman–Crippen MR) is 75.7 cm³/mol. The maximum absolute atomic E-state index is 12.1. The molecular formula is C14H18ClNO4. The summed E-state index contributed by atoms with van der Waals surface area (Å²) in [7, 11) is 0. The molecule has 0 saturated carbocycles. The van der Waals surface area contributed by atoms with Crippen LogP contribution in [0.5, 0.6) is 0 Å². The highest BCUT2D eigenvalue weighted by molar-refractivity contribution is 6.30. The summed E-state index contributed by atoms with van der Waals surface area (Å²) in [5.74, 6) is -2.08. The van der Waals surface area contributed by atoms with E-state index >= 15 is 0 Å². The third-order valence-electron chi connectivity index (χ3n) is 2.93. The molecule has 2 unspecified atom stereocenters. The Morgan fingerprint density at radius 1 is 1.25 bits per heavy atom. The summed E-state index contributed by atoms with van der Waals surface area (Å²) in [5.41, 5.74) is 0.798. The topological polar surface area (TPSA) is 86.6 Å². The van der Waals surface area contributed by atoms with Gasteiger partial charge in [0.15, 0.2) is 6.10 Å². The van der Waals surface area contributed by atoms with E-state index in [1.54, 1.807) is 24.3 Å². The molecule has 0 aliphatic heterocycles. The first-order valence-electron chi connectivity index (χ1n) is 6.27. The van der Waals surface area contributed by atoms with Crippen molar-refractivity contribution in [3.05, 3.63) is 34.9 Å². The molecule has 0 fully saturated rings. The van der Waals surface area contributed by atoms with Crippen molar-refractivity contribution in [3.63, 3.8) is 0 Å². The lowest BCUT2D eigenvalue weighted by molar-refractivity contribution is -0.146. The number of hydrogen-bond donors (Lipinski definition) is 3. The SMILES string of the molecule is CC(C)C(C(=O)NCC(O)C(=O)O)c1ccc(Cl)cc1. The van der Waals surface area contributed by atoms with Crippen molar-refractivity contribution in [2.24, 2.45) is 5.92 Å². The molecule has 3 N–H and O–H groups in total. The number of carbonyl (C=O) groups is 2. The molecule has 0 aliphatic rings. The monoisotopic (exact) mass is 299 g/mol. The molecule has 0 spiro atoms. The number of halogens is 1. The largest absolute Gasteiger partial charge is 0.479 e. The number of carbonyl (C=O) groups excluding carboxylic acids is 1. The summed E-state index contributed by atoms with van der Waals surface area (Å²) in [4.78, 5) is 22.7. The molecule has 1 aromatic rings. The molecule has 1 amide bonds. The molecule has 2 atom stereocenters. The number of aliphatic hydroxyl groups is 1. The number of aliphatic hydroxyl groups excluding tert-OH is 1.